The standard InChI is InChI=1S/C23H24N2O9S/c1-3-32-23(31)16(13-4-5-15-12(8-13)6-7-33-15)19(27)24-17-20(28)25-18(22(29)30)14(9-34-11(2)26)10-35-21(17)25/h4-5,8,16-17,21H,3,6-7,9-10H2,1-2H3,(H,24,27)(H,29,30). The molecule has 3 atom stereocenters. The zero-order chi connectivity index (χ0) is 25.3. The van der Waals surface area contributed by atoms with E-state index in [9.17, 15) is 29.1 Å². The monoisotopic (exact) mass is 504 g/mol. The minimum Gasteiger partial charge on any atom is -0.493 e. The minimum atomic E-state index is -1.33. The Hall–Kier alpha value is -3.54. The number of carbonyl (C=O) groups excluding carboxylic acids is 4. The zero-order valence-corrected chi connectivity index (χ0v) is 19.9. The maximum Gasteiger partial charge on any atom is 0.352 e. The predicted octanol–water partition coefficient (Wildman–Crippen LogP) is 0.570. The molecule has 3 aliphatic rings. The van der Waals surface area contributed by atoms with Crippen molar-refractivity contribution in [2.24, 2.45) is 0 Å². The van der Waals surface area contributed by atoms with Crippen molar-refractivity contribution in [3.63, 3.8) is 0 Å². The fraction of sp³-hybridized carbons (Fsp3) is 0.435. The van der Waals surface area contributed by atoms with Crippen molar-refractivity contribution in [3.05, 3.63) is 40.6 Å². The number of thioether (sulfide) groups is 1. The molecular weight excluding hydrogens is 480 g/mol. The molecule has 0 bridgehead atoms. The third-order valence-electron chi connectivity index (χ3n) is 5.83. The van der Waals surface area contributed by atoms with Gasteiger partial charge in [0.15, 0.2) is 5.92 Å². The molecule has 0 aromatic heterocycles. The number of fused-ring (bicyclic) bond motifs is 2. The van der Waals surface area contributed by atoms with E-state index in [0.717, 1.165) is 10.5 Å². The molecule has 12 heteroatoms. The second kappa shape index (κ2) is 9.98. The predicted molar refractivity (Wildman–Crippen MR) is 121 cm³/mol. The van der Waals surface area contributed by atoms with Gasteiger partial charge >= 0.3 is 17.9 Å². The van der Waals surface area contributed by atoms with E-state index in [2.05, 4.69) is 5.32 Å². The van der Waals surface area contributed by atoms with Gasteiger partial charge in [0.2, 0.25) is 5.91 Å². The molecule has 4 rings (SSSR count). The molecule has 0 spiro atoms. The van der Waals surface area contributed by atoms with Crippen molar-refractivity contribution in [1.29, 1.82) is 0 Å². The first-order valence-corrected chi connectivity index (χ1v) is 12.0. The maximum atomic E-state index is 13.2. The van der Waals surface area contributed by atoms with E-state index >= 15 is 0 Å². The van der Waals surface area contributed by atoms with E-state index in [1.807, 2.05) is 0 Å². The number of ether oxygens (including phenoxy) is 3. The van der Waals surface area contributed by atoms with E-state index in [1.54, 1.807) is 25.1 Å². The maximum absolute atomic E-state index is 13.2. The summed E-state index contributed by atoms with van der Waals surface area (Å²) >= 11 is 1.24. The highest BCUT2D eigenvalue weighted by Gasteiger charge is 2.55. The number of hydrogen-bond donors (Lipinski definition) is 2. The van der Waals surface area contributed by atoms with Crippen molar-refractivity contribution in [1.82, 2.24) is 10.2 Å². The Kier molecular flexibility index (Phi) is 7.01. The molecule has 2 N–H and O–H groups in total. The summed E-state index contributed by atoms with van der Waals surface area (Å²) in [4.78, 5) is 62.9. The summed E-state index contributed by atoms with van der Waals surface area (Å²) in [5, 5.41) is 11.6. The average Bonchev–Trinajstić information content (AvgIpc) is 3.28. The summed E-state index contributed by atoms with van der Waals surface area (Å²) in [5.74, 6) is -4.41. The van der Waals surface area contributed by atoms with Gasteiger partial charge in [-0.2, -0.15) is 0 Å². The molecule has 0 radical (unpaired) electrons. The Labute approximate surface area is 204 Å². The van der Waals surface area contributed by atoms with Crippen LogP contribution in [0, 0.1) is 0 Å². The van der Waals surface area contributed by atoms with Gasteiger partial charge in [-0.15, -0.1) is 11.8 Å². The molecule has 1 aromatic rings. The number of benzene rings is 1. The molecule has 0 saturated carbocycles. The van der Waals surface area contributed by atoms with Crippen LogP contribution >= 0.6 is 11.8 Å². The van der Waals surface area contributed by atoms with E-state index in [0.29, 0.717) is 24.3 Å². The molecular formula is C23H24N2O9S. The van der Waals surface area contributed by atoms with Crippen molar-refractivity contribution in [2.75, 3.05) is 25.6 Å². The average molecular weight is 505 g/mol. The van der Waals surface area contributed by atoms with Crippen LogP contribution < -0.4 is 10.1 Å². The van der Waals surface area contributed by atoms with E-state index in [-0.39, 0.29) is 30.2 Å². The van der Waals surface area contributed by atoms with Gasteiger partial charge in [-0.05, 0) is 24.1 Å². The largest absolute Gasteiger partial charge is 0.493 e. The highest BCUT2D eigenvalue weighted by atomic mass is 32.2. The van der Waals surface area contributed by atoms with Gasteiger partial charge < -0.3 is 24.6 Å². The SMILES string of the molecule is CCOC(=O)C(C(=O)NC1C(=O)N2C(C(=O)O)=C(COC(C)=O)CSC12)c1ccc2c(c1)CCO2. The molecule has 0 aliphatic carbocycles. The fourth-order valence-electron chi connectivity index (χ4n) is 4.23. The smallest absolute Gasteiger partial charge is 0.352 e. The van der Waals surface area contributed by atoms with Crippen molar-refractivity contribution in [3.8, 4) is 5.75 Å². The number of carboxylic acids is 1. The number of rotatable bonds is 8. The van der Waals surface area contributed by atoms with Gasteiger partial charge in [0.05, 0.1) is 13.2 Å². The number of hydrogen-bond acceptors (Lipinski definition) is 9. The van der Waals surface area contributed by atoms with Crippen molar-refractivity contribution in [2.45, 2.75) is 37.6 Å². The van der Waals surface area contributed by atoms with Gasteiger partial charge in [-0.25, -0.2) is 4.79 Å². The lowest BCUT2D eigenvalue weighted by Crippen LogP contribution is -2.71. The normalized spacial score (nSPS) is 21.2. The van der Waals surface area contributed by atoms with Crippen LogP contribution in [0.5, 0.6) is 5.75 Å². The molecule has 3 unspecified atom stereocenters. The number of β-lactam (4-membered cyclic amide) rings is 1. The number of nitrogens with one attached hydrogen (secondary N) is 1. The molecule has 1 aromatic carbocycles. The van der Waals surface area contributed by atoms with Crippen LogP contribution in [0.2, 0.25) is 0 Å². The summed E-state index contributed by atoms with van der Waals surface area (Å²) in [5.41, 5.74) is 1.32. The minimum absolute atomic E-state index is 0.0726. The first-order valence-electron chi connectivity index (χ1n) is 11.0. The first kappa shape index (κ1) is 24.6. The van der Waals surface area contributed by atoms with Crippen LogP contribution in [0.4, 0.5) is 0 Å². The van der Waals surface area contributed by atoms with Crippen molar-refractivity contribution >= 4 is 41.5 Å². The lowest BCUT2D eigenvalue weighted by molar-refractivity contribution is -0.153. The van der Waals surface area contributed by atoms with E-state index < -0.39 is 47.1 Å². The summed E-state index contributed by atoms with van der Waals surface area (Å²) in [6.45, 7) is 3.17. The molecule has 1 fully saturated rings. The Bertz CT molecular complexity index is 1130. The molecule has 186 valence electrons. The molecule has 11 nitrogen and oxygen atoms in total. The van der Waals surface area contributed by atoms with Crippen LogP contribution in [0.1, 0.15) is 30.9 Å². The van der Waals surface area contributed by atoms with Gasteiger partial charge in [-0.3, -0.25) is 24.1 Å². The topological polar surface area (TPSA) is 149 Å². The number of aliphatic carboxylic acids is 1. The van der Waals surface area contributed by atoms with Crippen LogP contribution in [0.15, 0.2) is 29.5 Å². The Morgan fingerprint density at radius 3 is 2.74 bits per heavy atom. The van der Waals surface area contributed by atoms with Crippen LogP contribution in [0.25, 0.3) is 0 Å². The van der Waals surface area contributed by atoms with Crippen LogP contribution in [0.3, 0.4) is 0 Å². The third kappa shape index (κ3) is 4.70. The Balaban J connectivity index is 1.54. The van der Waals surface area contributed by atoms with Gasteiger partial charge in [0.25, 0.3) is 5.91 Å². The van der Waals surface area contributed by atoms with Crippen LogP contribution in [-0.2, 0) is 39.9 Å². The van der Waals surface area contributed by atoms with Gasteiger partial charge in [0.1, 0.15) is 29.5 Å². The molecule has 3 heterocycles. The Morgan fingerprint density at radius 2 is 2.06 bits per heavy atom. The van der Waals surface area contributed by atoms with E-state index in [4.69, 9.17) is 14.2 Å². The number of esters is 2. The highest BCUT2D eigenvalue weighted by Crippen LogP contribution is 2.41. The second-order valence-corrected chi connectivity index (χ2v) is 9.19. The lowest BCUT2D eigenvalue weighted by atomic mass is 9.94. The number of amides is 2. The number of carbonyl (C=O) groups is 5. The Morgan fingerprint density at radius 1 is 1.29 bits per heavy atom. The molecule has 3 aliphatic heterocycles. The number of nitrogens with zero attached hydrogens (tertiary/aromatic N) is 1. The van der Waals surface area contributed by atoms with E-state index in [1.165, 1.54) is 18.7 Å². The lowest BCUT2D eigenvalue weighted by Gasteiger charge is -2.49. The molecule has 35 heavy (non-hydrogen) atoms. The summed E-state index contributed by atoms with van der Waals surface area (Å²) in [6, 6.07) is 4.01. The summed E-state index contributed by atoms with van der Waals surface area (Å²) < 4.78 is 15.5. The fourth-order valence-corrected chi connectivity index (χ4v) is 5.55. The number of carboxylic acid groups (broad SMARTS) is 1. The third-order valence-corrected chi connectivity index (χ3v) is 7.17. The summed E-state index contributed by atoms with van der Waals surface area (Å²) in [7, 11) is 0. The van der Waals surface area contributed by atoms with Crippen LogP contribution in [-0.4, -0.2) is 76.7 Å². The molecule has 2 amide bonds. The second-order valence-electron chi connectivity index (χ2n) is 8.08. The highest BCUT2D eigenvalue weighted by molar-refractivity contribution is 8.00. The van der Waals surface area contributed by atoms with Gasteiger partial charge in [-0.1, -0.05) is 12.1 Å². The van der Waals surface area contributed by atoms with Gasteiger partial charge in [0, 0.05) is 24.7 Å². The summed E-state index contributed by atoms with van der Waals surface area (Å²) in [6.07, 6.45) is 0.648. The molecule has 1 saturated heterocycles. The quantitative estimate of drug-likeness (QED) is 0.292. The first-order chi connectivity index (χ1) is 16.7. The van der Waals surface area contributed by atoms with Crippen molar-refractivity contribution < 1.29 is 43.3 Å². The zero-order valence-electron chi connectivity index (χ0n) is 19.1.